The van der Waals surface area contributed by atoms with E-state index in [0.29, 0.717) is 18.2 Å². The summed E-state index contributed by atoms with van der Waals surface area (Å²) in [5.41, 5.74) is 4.38. The van der Waals surface area contributed by atoms with Crippen molar-refractivity contribution in [3.8, 4) is 11.4 Å². The predicted octanol–water partition coefficient (Wildman–Crippen LogP) is 4.88. The Bertz CT molecular complexity index is 1270. The molecule has 1 aliphatic heterocycles. The molecular formula is C25H28N6O. The van der Waals surface area contributed by atoms with Gasteiger partial charge in [-0.1, -0.05) is 6.58 Å². The summed E-state index contributed by atoms with van der Waals surface area (Å²) in [6.07, 6.45) is 6.33. The fourth-order valence-electron chi connectivity index (χ4n) is 4.48. The van der Waals surface area contributed by atoms with Crippen LogP contribution in [0.1, 0.15) is 37.9 Å². The normalized spacial score (nSPS) is 16.2. The van der Waals surface area contributed by atoms with Gasteiger partial charge in [-0.15, -0.1) is 0 Å². The molecule has 4 heterocycles. The fourth-order valence-corrected chi connectivity index (χ4v) is 4.48. The molecular weight excluding hydrogens is 400 g/mol. The fraction of sp³-hybridized carbons (Fsp3) is 0.320. The van der Waals surface area contributed by atoms with Gasteiger partial charge in [-0.2, -0.15) is 5.10 Å². The first-order valence-electron chi connectivity index (χ1n) is 11.2. The maximum atomic E-state index is 9.84. The molecule has 0 radical (unpaired) electrons. The van der Waals surface area contributed by atoms with Crippen LogP contribution in [0.4, 0.5) is 5.82 Å². The lowest BCUT2D eigenvalue weighted by Gasteiger charge is -2.22. The van der Waals surface area contributed by atoms with Crippen molar-refractivity contribution >= 4 is 22.6 Å². The van der Waals surface area contributed by atoms with Crippen LogP contribution < -0.4 is 4.90 Å². The molecule has 0 saturated carbocycles. The highest BCUT2D eigenvalue weighted by Gasteiger charge is 2.22. The molecule has 0 bridgehead atoms. The van der Waals surface area contributed by atoms with Crippen molar-refractivity contribution in [2.24, 2.45) is 0 Å². The number of aromatic nitrogens is 5. The topological polar surface area (TPSA) is 72.0 Å². The molecule has 0 spiro atoms. The number of hydrogen-bond acceptors (Lipinski definition) is 5. The van der Waals surface area contributed by atoms with E-state index in [4.69, 9.17) is 9.97 Å². The number of aliphatic hydroxyl groups is 1. The number of nitrogens with zero attached hydrogens (tertiary/aromatic N) is 6. The van der Waals surface area contributed by atoms with Crippen LogP contribution in [0.5, 0.6) is 0 Å². The van der Waals surface area contributed by atoms with E-state index >= 15 is 0 Å². The molecule has 1 N–H and O–H groups in total. The maximum Gasteiger partial charge on any atom is 0.143 e. The van der Waals surface area contributed by atoms with Gasteiger partial charge in [0.1, 0.15) is 17.4 Å². The standard InChI is InChI=1S/C25H28N6O/c1-4-29-13-11-21(28-29)16-31-23-9-7-19(18(3)32)14-22(23)27-25(31)20-8-10-24(26-15-20)30-12-5-6-17(30)2/h7-11,13-15,17,32H,3-6,12,16H2,1-2H3/t17-/m0/s1. The lowest BCUT2D eigenvalue weighted by molar-refractivity contribution is 0.514. The summed E-state index contributed by atoms with van der Waals surface area (Å²) in [6, 6.07) is 12.5. The molecule has 1 saturated heterocycles. The van der Waals surface area contributed by atoms with E-state index in [-0.39, 0.29) is 5.76 Å². The Kier molecular flexibility index (Phi) is 5.17. The van der Waals surface area contributed by atoms with E-state index < -0.39 is 0 Å². The number of pyridine rings is 1. The lowest BCUT2D eigenvalue weighted by atomic mass is 10.2. The van der Waals surface area contributed by atoms with Crippen molar-refractivity contribution in [2.45, 2.75) is 45.8 Å². The SMILES string of the molecule is C=C(O)c1ccc2c(c1)nc(-c1ccc(N3CCC[C@@H]3C)nc1)n2Cc1ccn(CC)n1. The third-order valence-corrected chi connectivity index (χ3v) is 6.27. The van der Waals surface area contributed by atoms with E-state index in [1.165, 1.54) is 12.8 Å². The van der Waals surface area contributed by atoms with Gasteiger partial charge >= 0.3 is 0 Å². The second-order valence-corrected chi connectivity index (χ2v) is 8.42. The number of fused-ring (bicyclic) bond motifs is 1. The number of hydrogen-bond donors (Lipinski definition) is 1. The van der Waals surface area contributed by atoms with Crippen LogP contribution in [0.15, 0.2) is 55.4 Å². The number of imidazole rings is 1. The van der Waals surface area contributed by atoms with Crippen molar-refractivity contribution in [1.29, 1.82) is 0 Å². The molecule has 7 heteroatoms. The summed E-state index contributed by atoms with van der Waals surface area (Å²) < 4.78 is 4.09. The molecule has 7 nitrogen and oxygen atoms in total. The second-order valence-electron chi connectivity index (χ2n) is 8.42. The lowest BCUT2D eigenvalue weighted by Crippen LogP contribution is -2.26. The van der Waals surface area contributed by atoms with Crippen molar-refractivity contribution < 1.29 is 5.11 Å². The van der Waals surface area contributed by atoms with E-state index in [2.05, 4.69) is 47.1 Å². The summed E-state index contributed by atoms with van der Waals surface area (Å²) in [6.45, 7) is 10.5. The van der Waals surface area contributed by atoms with Crippen molar-refractivity contribution in [3.05, 3.63) is 66.6 Å². The van der Waals surface area contributed by atoms with Crippen LogP contribution in [0.25, 0.3) is 28.2 Å². The van der Waals surface area contributed by atoms with Crippen LogP contribution >= 0.6 is 0 Å². The van der Waals surface area contributed by atoms with Crippen LogP contribution in [0.3, 0.4) is 0 Å². The average Bonchev–Trinajstić information content (AvgIpc) is 3.52. The van der Waals surface area contributed by atoms with Gasteiger partial charge in [0.25, 0.3) is 0 Å². The predicted molar refractivity (Wildman–Crippen MR) is 128 cm³/mol. The summed E-state index contributed by atoms with van der Waals surface area (Å²) in [7, 11) is 0. The van der Waals surface area contributed by atoms with Gasteiger partial charge in [0, 0.05) is 42.7 Å². The molecule has 3 aromatic heterocycles. The van der Waals surface area contributed by atoms with Crippen LogP contribution in [-0.4, -0.2) is 42.0 Å². The number of rotatable bonds is 6. The number of aliphatic hydroxyl groups excluding tert-OH is 1. The molecule has 0 amide bonds. The van der Waals surface area contributed by atoms with Gasteiger partial charge in [-0.25, -0.2) is 9.97 Å². The molecule has 164 valence electrons. The Morgan fingerprint density at radius 1 is 1.22 bits per heavy atom. The Balaban J connectivity index is 1.57. The first kappa shape index (κ1) is 20.3. The average molecular weight is 429 g/mol. The van der Waals surface area contributed by atoms with Gasteiger partial charge in [0.15, 0.2) is 0 Å². The minimum absolute atomic E-state index is 0.0374. The highest BCUT2D eigenvalue weighted by molar-refractivity contribution is 5.83. The zero-order chi connectivity index (χ0) is 22.2. The minimum Gasteiger partial charge on any atom is -0.508 e. The molecule has 5 rings (SSSR count). The number of benzene rings is 1. The van der Waals surface area contributed by atoms with Gasteiger partial charge in [0.05, 0.1) is 23.3 Å². The third kappa shape index (κ3) is 3.64. The van der Waals surface area contributed by atoms with E-state index in [1.807, 2.05) is 41.3 Å². The molecule has 0 unspecified atom stereocenters. The molecule has 1 aromatic carbocycles. The van der Waals surface area contributed by atoms with Crippen molar-refractivity contribution in [3.63, 3.8) is 0 Å². The van der Waals surface area contributed by atoms with Gasteiger partial charge < -0.3 is 14.6 Å². The smallest absolute Gasteiger partial charge is 0.143 e. The van der Waals surface area contributed by atoms with Crippen molar-refractivity contribution in [2.75, 3.05) is 11.4 Å². The van der Waals surface area contributed by atoms with Crippen LogP contribution in [-0.2, 0) is 13.1 Å². The number of anilines is 1. The Labute approximate surface area is 187 Å². The molecule has 1 aliphatic rings. The molecule has 32 heavy (non-hydrogen) atoms. The zero-order valence-corrected chi connectivity index (χ0v) is 18.6. The zero-order valence-electron chi connectivity index (χ0n) is 18.6. The van der Waals surface area contributed by atoms with E-state index in [1.54, 1.807) is 0 Å². The van der Waals surface area contributed by atoms with Crippen LogP contribution in [0.2, 0.25) is 0 Å². The molecule has 1 atom stereocenters. The summed E-state index contributed by atoms with van der Waals surface area (Å²) >= 11 is 0. The first-order valence-corrected chi connectivity index (χ1v) is 11.2. The molecule has 0 aliphatic carbocycles. The highest BCUT2D eigenvalue weighted by atomic mass is 16.3. The van der Waals surface area contributed by atoms with Crippen molar-refractivity contribution in [1.82, 2.24) is 24.3 Å². The molecule has 4 aromatic rings. The van der Waals surface area contributed by atoms with Gasteiger partial charge in [-0.05, 0) is 63.1 Å². The summed E-state index contributed by atoms with van der Waals surface area (Å²) in [5.74, 6) is 1.89. The summed E-state index contributed by atoms with van der Waals surface area (Å²) in [5, 5.41) is 14.5. The quantitative estimate of drug-likeness (QED) is 0.443. The van der Waals surface area contributed by atoms with Crippen LogP contribution in [0, 0.1) is 0 Å². The molecule has 1 fully saturated rings. The van der Waals surface area contributed by atoms with Gasteiger partial charge in [-0.3, -0.25) is 4.68 Å². The largest absolute Gasteiger partial charge is 0.508 e. The van der Waals surface area contributed by atoms with Gasteiger partial charge in [0.2, 0.25) is 0 Å². The second kappa shape index (κ2) is 8.15. The third-order valence-electron chi connectivity index (χ3n) is 6.27. The Morgan fingerprint density at radius 3 is 2.75 bits per heavy atom. The monoisotopic (exact) mass is 428 g/mol. The maximum absolute atomic E-state index is 9.84. The summed E-state index contributed by atoms with van der Waals surface area (Å²) in [4.78, 5) is 12.0. The van der Waals surface area contributed by atoms with E-state index in [0.717, 1.165) is 47.0 Å². The number of aryl methyl sites for hydroxylation is 1. The van der Waals surface area contributed by atoms with E-state index in [9.17, 15) is 5.11 Å². The minimum atomic E-state index is 0.0374. The highest BCUT2D eigenvalue weighted by Crippen LogP contribution is 2.29. The Hall–Kier alpha value is -3.61. The Morgan fingerprint density at radius 2 is 2.09 bits per heavy atom. The first-order chi connectivity index (χ1) is 15.5.